The van der Waals surface area contributed by atoms with Crippen molar-refractivity contribution in [2.24, 2.45) is 11.7 Å². The first-order valence-corrected chi connectivity index (χ1v) is 12.8. The van der Waals surface area contributed by atoms with Gasteiger partial charge in [0.05, 0.1) is 12.2 Å². The summed E-state index contributed by atoms with van der Waals surface area (Å²) < 4.78 is 4.10. The SMILES string of the molecule is CC[C@H](C)n1ncc2nc(N3CCN(C(N)=O)CC3)nc(NC(c3ccc4nccn4c3)C3CC3)c21. The van der Waals surface area contributed by atoms with Crippen LogP contribution < -0.4 is 16.0 Å². The van der Waals surface area contributed by atoms with E-state index in [4.69, 9.17) is 20.8 Å². The standard InChI is InChI=1S/C25H32N10O/c1-3-16(2)35-22-19(14-28-35)29-25(33-12-10-32(11-13-33)24(26)36)31-23(22)30-21(17-4-5-17)18-6-7-20-27-8-9-34(20)15-18/h6-9,14-17,21H,3-5,10-13H2,1-2H3,(H2,26,36)(H,29,30,31)/t16-,21?/m0/s1. The van der Waals surface area contributed by atoms with Gasteiger partial charge in [0.25, 0.3) is 0 Å². The van der Waals surface area contributed by atoms with Crippen LogP contribution in [0.3, 0.4) is 0 Å². The molecule has 0 spiro atoms. The van der Waals surface area contributed by atoms with Crippen molar-refractivity contribution in [3.8, 4) is 0 Å². The molecule has 1 aliphatic heterocycles. The highest BCUT2D eigenvalue weighted by Crippen LogP contribution is 2.43. The summed E-state index contributed by atoms with van der Waals surface area (Å²) in [6, 6.07) is 4.18. The van der Waals surface area contributed by atoms with Crippen LogP contribution in [0.5, 0.6) is 0 Å². The van der Waals surface area contributed by atoms with Crippen LogP contribution in [-0.4, -0.2) is 66.2 Å². The van der Waals surface area contributed by atoms with Crippen molar-refractivity contribution >= 4 is 34.5 Å². The molecule has 1 saturated carbocycles. The number of fused-ring (bicyclic) bond motifs is 2. The molecule has 0 aromatic carbocycles. The van der Waals surface area contributed by atoms with Crippen molar-refractivity contribution in [1.82, 2.24) is 34.0 Å². The van der Waals surface area contributed by atoms with E-state index in [1.165, 1.54) is 18.4 Å². The molecule has 2 atom stereocenters. The number of primary amides is 1. The van der Waals surface area contributed by atoms with Crippen LogP contribution in [0.1, 0.15) is 50.8 Å². The maximum absolute atomic E-state index is 11.6. The number of nitrogens with two attached hydrogens (primary N) is 1. The first kappa shape index (κ1) is 22.6. The minimum Gasteiger partial charge on any atom is -0.361 e. The molecule has 188 valence electrons. The van der Waals surface area contributed by atoms with Gasteiger partial charge in [-0.15, -0.1) is 0 Å². The number of nitrogens with zero attached hydrogens (tertiary/aromatic N) is 8. The number of nitrogens with one attached hydrogen (secondary N) is 1. The highest BCUT2D eigenvalue weighted by atomic mass is 16.2. The van der Waals surface area contributed by atoms with Gasteiger partial charge in [-0.1, -0.05) is 13.0 Å². The summed E-state index contributed by atoms with van der Waals surface area (Å²) in [6.07, 6.45) is 11.1. The Hall–Kier alpha value is -3.89. The number of rotatable bonds is 7. The summed E-state index contributed by atoms with van der Waals surface area (Å²) in [5, 5.41) is 8.51. The summed E-state index contributed by atoms with van der Waals surface area (Å²) in [4.78, 5) is 29.7. The predicted octanol–water partition coefficient (Wildman–Crippen LogP) is 3.21. The lowest BCUT2D eigenvalue weighted by Gasteiger charge is -2.34. The van der Waals surface area contributed by atoms with Gasteiger partial charge in [-0.05, 0) is 43.7 Å². The van der Waals surface area contributed by atoms with Gasteiger partial charge in [0.1, 0.15) is 16.7 Å². The molecule has 4 aromatic rings. The van der Waals surface area contributed by atoms with E-state index in [1.54, 1.807) is 4.90 Å². The van der Waals surface area contributed by atoms with Crippen molar-refractivity contribution in [2.75, 3.05) is 36.4 Å². The fourth-order valence-electron chi connectivity index (χ4n) is 5.00. The Morgan fingerprint density at radius 3 is 2.72 bits per heavy atom. The van der Waals surface area contributed by atoms with E-state index in [1.807, 2.05) is 23.3 Å². The number of aromatic nitrogens is 6. The van der Waals surface area contributed by atoms with Crippen molar-refractivity contribution < 1.29 is 4.79 Å². The number of carbonyl (C=O) groups is 1. The number of imidazole rings is 1. The molecule has 4 aromatic heterocycles. The lowest BCUT2D eigenvalue weighted by molar-refractivity contribution is 0.204. The Morgan fingerprint density at radius 1 is 1.19 bits per heavy atom. The average molecular weight is 489 g/mol. The minimum absolute atomic E-state index is 0.120. The van der Waals surface area contributed by atoms with Gasteiger partial charge in [-0.2, -0.15) is 10.1 Å². The summed E-state index contributed by atoms with van der Waals surface area (Å²) in [7, 11) is 0. The van der Waals surface area contributed by atoms with E-state index in [9.17, 15) is 4.79 Å². The number of pyridine rings is 1. The molecular formula is C25H32N10O. The molecule has 1 saturated heterocycles. The van der Waals surface area contributed by atoms with Crippen molar-refractivity contribution in [3.63, 3.8) is 0 Å². The minimum atomic E-state index is -0.384. The summed E-state index contributed by atoms with van der Waals surface area (Å²) >= 11 is 0. The predicted molar refractivity (Wildman–Crippen MR) is 138 cm³/mol. The molecule has 2 aliphatic rings. The van der Waals surface area contributed by atoms with Gasteiger partial charge in [-0.3, -0.25) is 4.68 Å². The van der Waals surface area contributed by atoms with E-state index < -0.39 is 0 Å². The highest BCUT2D eigenvalue weighted by Gasteiger charge is 2.34. The normalized spacial score (nSPS) is 18.1. The maximum Gasteiger partial charge on any atom is 0.314 e. The van der Waals surface area contributed by atoms with Crippen molar-refractivity contribution in [3.05, 3.63) is 42.5 Å². The number of amides is 2. The van der Waals surface area contributed by atoms with Gasteiger partial charge in [0.2, 0.25) is 5.95 Å². The molecule has 5 heterocycles. The topological polar surface area (TPSA) is 122 Å². The van der Waals surface area contributed by atoms with E-state index in [0.717, 1.165) is 28.9 Å². The quantitative estimate of drug-likeness (QED) is 0.409. The van der Waals surface area contributed by atoms with E-state index >= 15 is 0 Å². The lowest BCUT2D eigenvalue weighted by Crippen LogP contribution is -2.51. The third-order valence-corrected chi connectivity index (χ3v) is 7.47. The van der Waals surface area contributed by atoms with Gasteiger partial charge >= 0.3 is 6.03 Å². The van der Waals surface area contributed by atoms with Gasteiger partial charge in [0.15, 0.2) is 5.82 Å². The van der Waals surface area contributed by atoms with Crippen LogP contribution in [-0.2, 0) is 0 Å². The first-order chi connectivity index (χ1) is 17.5. The molecule has 3 N–H and O–H groups in total. The third kappa shape index (κ3) is 4.08. The number of carbonyl (C=O) groups excluding carboxylic acids is 1. The van der Waals surface area contributed by atoms with E-state index in [2.05, 4.69) is 51.8 Å². The van der Waals surface area contributed by atoms with E-state index in [-0.39, 0.29) is 18.1 Å². The van der Waals surface area contributed by atoms with Crippen molar-refractivity contribution in [2.45, 2.75) is 45.2 Å². The fraction of sp³-hybridized carbons (Fsp3) is 0.480. The molecule has 1 aliphatic carbocycles. The molecule has 0 radical (unpaired) electrons. The Balaban J connectivity index is 1.39. The largest absolute Gasteiger partial charge is 0.361 e. The molecule has 11 heteroatoms. The zero-order valence-corrected chi connectivity index (χ0v) is 20.7. The second-order valence-electron chi connectivity index (χ2n) is 9.88. The summed E-state index contributed by atoms with van der Waals surface area (Å²) in [6.45, 7) is 6.71. The Labute approximate surface area is 209 Å². The van der Waals surface area contributed by atoms with Gasteiger partial charge in [-0.25, -0.2) is 14.8 Å². The van der Waals surface area contributed by atoms with Crippen LogP contribution in [0, 0.1) is 5.92 Å². The number of hydrogen-bond donors (Lipinski definition) is 2. The zero-order valence-electron chi connectivity index (χ0n) is 20.7. The van der Waals surface area contributed by atoms with Crippen LogP contribution in [0.2, 0.25) is 0 Å². The fourth-order valence-corrected chi connectivity index (χ4v) is 5.00. The summed E-state index contributed by atoms with van der Waals surface area (Å²) in [5.74, 6) is 1.99. The highest BCUT2D eigenvalue weighted by molar-refractivity contribution is 5.87. The first-order valence-electron chi connectivity index (χ1n) is 12.8. The van der Waals surface area contributed by atoms with Crippen molar-refractivity contribution in [1.29, 1.82) is 0 Å². The Bertz CT molecular complexity index is 1400. The van der Waals surface area contributed by atoms with Crippen LogP contribution in [0.4, 0.5) is 16.6 Å². The van der Waals surface area contributed by atoms with Crippen LogP contribution in [0.25, 0.3) is 16.7 Å². The molecule has 2 fully saturated rings. The lowest BCUT2D eigenvalue weighted by atomic mass is 10.0. The summed E-state index contributed by atoms with van der Waals surface area (Å²) in [5.41, 5.74) is 9.37. The second kappa shape index (κ2) is 8.96. The maximum atomic E-state index is 11.6. The molecule has 2 amide bonds. The molecular weight excluding hydrogens is 456 g/mol. The molecule has 1 unspecified atom stereocenters. The Morgan fingerprint density at radius 2 is 2.00 bits per heavy atom. The van der Waals surface area contributed by atoms with Crippen LogP contribution in [0.15, 0.2) is 36.9 Å². The smallest absolute Gasteiger partial charge is 0.314 e. The zero-order chi connectivity index (χ0) is 24.8. The van der Waals surface area contributed by atoms with Crippen LogP contribution >= 0.6 is 0 Å². The van der Waals surface area contributed by atoms with E-state index in [0.29, 0.717) is 38.0 Å². The van der Waals surface area contributed by atoms with Gasteiger partial charge < -0.3 is 25.3 Å². The Kier molecular flexibility index (Phi) is 5.62. The molecule has 11 nitrogen and oxygen atoms in total. The second-order valence-corrected chi connectivity index (χ2v) is 9.88. The number of hydrogen-bond acceptors (Lipinski definition) is 7. The van der Waals surface area contributed by atoms with Gasteiger partial charge in [0, 0.05) is 50.8 Å². The molecule has 0 bridgehead atoms. The third-order valence-electron chi connectivity index (χ3n) is 7.47. The number of anilines is 2. The number of urea groups is 1. The number of piperazine rings is 1. The molecule has 36 heavy (non-hydrogen) atoms. The molecule has 6 rings (SSSR count). The monoisotopic (exact) mass is 488 g/mol. The average Bonchev–Trinajstić information content (AvgIpc) is 3.46.